The molecule has 12 nitrogen and oxygen atoms in total. The van der Waals surface area contributed by atoms with Gasteiger partial charge in [0, 0.05) is 18.8 Å². The van der Waals surface area contributed by atoms with E-state index in [1.54, 1.807) is 0 Å². The first-order valence-electron chi connectivity index (χ1n) is 8.85. The van der Waals surface area contributed by atoms with Crippen LogP contribution in [0.1, 0.15) is 10.6 Å². The summed E-state index contributed by atoms with van der Waals surface area (Å²) in [6.45, 7) is 0.346. The van der Waals surface area contributed by atoms with E-state index < -0.39 is 49.4 Å². The zero-order chi connectivity index (χ0) is 22.6. The molecule has 0 saturated carbocycles. The molecule has 1 saturated heterocycles. The summed E-state index contributed by atoms with van der Waals surface area (Å²) in [5, 5.41) is 6.68. The van der Waals surface area contributed by atoms with Crippen molar-refractivity contribution in [2.24, 2.45) is 5.14 Å². The van der Waals surface area contributed by atoms with E-state index >= 15 is 0 Å². The summed E-state index contributed by atoms with van der Waals surface area (Å²) in [6.07, 6.45) is 0. The number of anilines is 1. The Balaban J connectivity index is 1.60. The summed E-state index contributed by atoms with van der Waals surface area (Å²) in [5.74, 6) is -2.27. The van der Waals surface area contributed by atoms with Crippen molar-refractivity contribution in [3.8, 4) is 0 Å². The van der Waals surface area contributed by atoms with Gasteiger partial charge >= 0.3 is 5.97 Å². The molecule has 0 radical (unpaired) electrons. The van der Waals surface area contributed by atoms with E-state index in [0.717, 1.165) is 12.1 Å². The van der Waals surface area contributed by atoms with Crippen molar-refractivity contribution in [1.82, 2.24) is 4.31 Å². The number of hydrogen-bond donors (Lipinski definition) is 2. The number of furan rings is 1. The number of carbonyl (C=O) groups is 2. The fraction of sp³-hybridized carbons (Fsp3) is 0.294. The number of amides is 1. The minimum atomic E-state index is -4.13. The van der Waals surface area contributed by atoms with Gasteiger partial charge in [-0.05, 0) is 30.3 Å². The van der Waals surface area contributed by atoms with Gasteiger partial charge in [0.2, 0.25) is 20.9 Å². The number of carbonyl (C=O) groups excluding carboxylic acids is 2. The van der Waals surface area contributed by atoms with Gasteiger partial charge in [-0.2, -0.15) is 4.31 Å². The molecule has 0 unspecified atom stereocenters. The number of hydrogen-bond acceptors (Lipinski definition) is 9. The molecule has 1 aliphatic heterocycles. The summed E-state index contributed by atoms with van der Waals surface area (Å²) in [5.41, 5.74) is 0.185. The van der Waals surface area contributed by atoms with Crippen LogP contribution in [0, 0.1) is 0 Å². The van der Waals surface area contributed by atoms with Crippen molar-refractivity contribution >= 4 is 37.6 Å². The largest absolute Gasteiger partial charge is 0.450 e. The second kappa shape index (κ2) is 9.15. The molecule has 14 heteroatoms. The molecule has 2 aromatic rings. The minimum absolute atomic E-state index is 0.00435. The van der Waals surface area contributed by atoms with Crippen molar-refractivity contribution < 1.29 is 40.3 Å². The van der Waals surface area contributed by atoms with Gasteiger partial charge in [0.25, 0.3) is 15.9 Å². The second-order valence-corrected chi connectivity index (χ2v) is 9.76. The third kappa shape index (κ3) is 5.68. The van der Waals surface area contributed by atoms with E-state index in [2.05, 4.69) is 5.32 Å². The quantitative estimate of drug-likeness (QED) is 0.513. The SMILES string of the molecule is NS(=O)(=O)c1ccc(C(=O)OCC(=O)Nc2cccc(S(=O)(=O)N3CCOCC3)c2)o1. The lowest BCUT2D eigenvalue weighted by Gasteiger charge is -2.26. The van der Waals surface area contributed by atoms with Crippen molar-refractivity contribution in [3.05, 3.63) is 42.2 Å². The monoisotopic (exact) mass is 473 g/mol. The lowest BCUT2D eigenvalue weighted by molar-refractivity contribution is -0.119. The van der Waals surface area contributed by atoms with Crippen LogP contribution >= 0.6 is 0 Å². The third-order valence-corrected chi connectivity index (χ3v) is 6.80. The number of rotatable bonds is 7. The number of nitrogens with zero attached hydrogens (tertiary/aromatic N) is 1. The zero-order valence-corrected chi connectivity index (χ0v) is 17.6. The minimum Gasteiger partial charge on any atom is -0.450 e. The predicted octanol–water partition coefficient (Wildman–Crippen LogP) is -0.257. The average Bonchev–Trinajstić information content (AvgIpc) is 3.24. The van der Waals surface area contributed by atoms with E-state index in [0.29, 0.717) is 13.2 Å². The Labute approximate surface area is 178 Å². The van der Waals surface area contributed by atoms with Gasteiger partial charge in [-0.3, -0.25) is 4.79 Å². The molecule has 31 heavy (non-hydrogen) atoms. The van der Waals surface area contributed by atoms with Crippen LogP contribution in [0.4, 0.5) is 5.69 Å². The molecule has 0 bridgehead atoms. The van der Waals surface area contributed by atoms with Crippen molar-refractivity contribution in [1.29, 1.82) is 0 Å². The molecule has 1 amide bonds. The molecule has 3 rings (SSSR count). The predicted molar refractivity (Wildman–Crippen MR) is 105 cm³/mol. The topological polar surface area (TPSA) is 175 Å². The highest BCUT2D eigenvalue weighted by Gasteiger charge is 2.26. The fourth-order valence-corrected chi connectivity index (χ4v) is 4.57. The number of morpholine rings is 1. The number of sulfonamides is 2. The third-order valence-electron chi connectivity index (χ3n) is 4.12. The highest BCUT2D eigenvalue weighted by Crippen LogP contribution is 2.20. The van der Waals surface area contributed by atoms with Crippen molar-refractivity contribution in [2.75, 3.05) is 38.2 Å². The van der Waals surface area contributed by atoms with Crippen LogP contribution in [-0.4, -0.2) is 65.9 Å². The molecule has 0 aliphatic carbocycles. The van der Waals surface area contributed by atoms with Crippen molar-refractivity contribution in [3.63, 3.8) is 0 Å². The zero-order valence-electron chi connectivity index (χ0n) is 16.0. The Bertz CT molecular complexity index is 1180. The Morgan fingerprint density at radius 3 is 2.45 bits per heavy atom. The van der Waals surface area contributed by atoms with Gasteiger partial charge in [-0.1, -0.05) is 6.07 Å². The van der Waals surface area contributed by atoms with Crippen LogP contribution in [0.3, 0.4) is 0 Å². The highest BCUT2D eigenvalue weighted by atomic mass is 32.2. The Hall–Kier alpha value is -2.78. The molecule has 1 aromatic carbocycles. The van der Waals surface area contributed by atoms with Gasteiger partial charge in [0.15, 0.2) is 6.61 Å². The fourth-order valence-electron chi connectivity index (χ4n) is 2.65. The first-order chi connectivity index (χ1) is 14.6. The van der Waals surface area contributed by atoms with Gasteiger partial charge in [0.05, 0.1) is 18.1 Å². The van der Waals surface area contributed by atoms with Gasteiger partial charge in [-0.15, -0.1) is 0 Å². The Kier molecular flexibility index (Phi) is 6.76. The molecule has 2 heterocycles. The van der Waals surface area contributed by atoms with E-state index in [1.807, 2.05) is 0 Å². The highest BCUT2D eigenvalue weighted by molar-refractivity contribution is 7.89. The summed E-state index contributed by atoms with van der Waals surface area (Å²) >= 11 is 0. The standard InChI is InChI=1S/C17H19N3O9S2/c18-30(23,24)16-5-4-14(29-16)17(22)28-11-15(21)19-12-2-1-3-13(10-12)31(25,26)20-6-8-27-9-7-20/h1-5,10H,6-9,11H2,(H,19,21)(H2,18,23,24). The first-order valence-corrected chi connectivity index (χ1v) is 11.8. The van der Waals surface area contributed by atoms with E-state index in [-0.39, 0.29) is 23.7 Å². The lowest BCUT2D eigenvalue weighted by atomic mass is 10.3. The number of nitrogens with two attached hydrogens (primary N) is 1. The molecule has 1 aliphatic rings. The van der Waals surface area contributed by atoms with E-state index in [4.69, 9.17) is 19.0 Å². The molecule has 1 aromatic heterocycles. The molecular formula is C17H19N3O9S2. The van der Waals surface area contributed by atoms with Gasteiger partial charge < -0.3 is 19.2 Å². The normalized spacial score (nSPS) is 15.4. The molecule has 3 N–H and O–H groups in total. The van der Waals surface area contributed by atoms with Crippen LogP contribution in [0.15, 0.2) is 50.8 Å². The summed E-state index contributed by atoms with van der Waals surface area (Å²) in [4.78, 5) is 23.9. The maximum atomic E-state index is 12.7. The second-order valence-electron chi connectivity index (χ2n) is 6.33. The molecule has 0 spiro atoms. The maximum Gasteiger partial charge on any atom is 0.374 e. The maximum absolute atomic E-state index is 12.7. The first kappa shape index (κ1) is 22.9. The number of primary sulfonamides is 1. The summed E-state index contributed by atoms with van der Waals surface area (Å²) < 4.78 is 63.7. The molecule has 0 atom stereocenters. The number of benzene rings is 1. The molecule has 168 valence electrons. The lowest BCUT2D eigenvalue weighted by Crippen LogP contribution is -2.40. The van der Waals surface area contributed by atoms with Crippen LogP contribution in [0.25, 0.3) is 0 Å². The van der Waals surface area contributed by atoms with Crippen LogP contribution in [0.2, 0.25) is 0 Å². The summed E-state index contributed by atoms with van der Waals surface area (Å²) in [6, 6.07) is 7.65. The van der Waals surface area contributed by atoms with E-state index in [9.17, 15) is 26.4 Å². The summed E-state index contributed by atoms with van der Waals surface area (Å²) in [7, 11) is -7.87. The van der Waals surface area contributed by atoms with Crippen LogP contribution in [-0.2, 0) is 34.3 Å². The number of ether oxygens (including phenoxy) is 2. The van der Waals surface area contributed by atoms with E-state index in [1.165, 1.54) is 28.6 Å². The average molecular weight is 473 g/mol. The number of nitrogens with one attached hydrogen (secondary N) is 1. The van der Waals surface area contributed by atoms with Gasteiger partial charge in [-0.25, -0.2) is 26.8 Å². The Morgan fingerprint density at radius 1 is 1.10 bits per heavy atom. The molecular weight excluding hydrogens is 454 g/mol. The smallest absolute Gasteiger partial charge is 0.374 e. The number of esters is 1. The van der Waals surface area contributed by atoms with Crippen LogP contribution < -0.4 is 10.5 Å². The van der Waals surface area contributed by atoms with Crippen molar-refractivity contribution in [2.45, 2.75) is 9.99 Å². The van der Waals surface area contributed by atoms with Crippen LogP contribution in [0.5, 0.6) is 0 Å². The molecule has 1 fully saturated rings. The Morgan fingerprint density at radius 2 is 1.81 bits per heavy atom. The van der Waals surface area contributed by atoms with Gasteiger partial charge in [0.1, 0.15) is 0 Å².